The average molecular weight is 197 g/mol. The Morgan fingerprint density at radius 2 is 1.93 bits per heavy atom. The lowest BCUT2D eigenvalue weighted by molar-refractivity contribution is -0.0578. The van der Waals surface area contributed by atoms with Crippen LogP contribution in [0.4, 0.5) is 0 Å². The van der Waals surface area contributed by atoms with Crippen LogP contribution in [0, 0.1) is 11.8 Å². The average Bonchev–Trinajstić information content (AvgIpc) is 2.72. The molecule has 82 valence electrons. The van der Waals surface area contributed by atoms with Crippen molar-refractivity contribution >= 4 is 0 Å². The second kappa shape index (κ2) is 5.13. The molecule has 14 heavy (non-hydrogen) atoms. The van der Waals surface area contributed by atoms with E-state index in [1.807, 2.05) is 0 Å². The summed E-state index contributed by atoms with van der Waals surface area (Å²) in [6, 6.07) is 0. The van der Waals surface area contributed by atoms with Crippen molar-refractivity contribution in [1.82, 2.24) is 5.32 Å². The number of rotatable bonds is 3. The lowest BCUT2D eigenvalue weighted by atomic mass is 9.85. The van der Waals surface area contributed by atoms with Gasteiger partial charge in [-0.2, -0.15) is 0 Å². The Labute approximate surface area is 87.4 Å². The van der Waals surface area contributed by atoms with Crippen molar-refractivity contribution in [3.05, 3.63) is 0 Å². The molecule has 2 heteroatoms. The summed E-state index contributed by atoms with van der Waals surface area (Å²) in [5.74, 6) is 1.64. The van der Waals surface area contributed by atoms with Gasteiger partial charge in [0.25, 0.3) is 0 Å². The first-order valence-electron chi connectivity index (χ1n) is 6.18. The zero-order valence-electron chi connectivity index (χ0n) is 9.30. The van der Waals surface area contributed by atoms with Crippen molar-refractivity contribution in [3.63, 3.8) is 0 Å². The maximum absolute atomic E-state index is 5.99. The molecule has 1 aliphatic carbocycles. The zero-order valence-corrected chi connectivity index (χ0v) is 9.30. The molecule has 1 heterocycles. The molecule has 2 atom stereocenters. The molecular weight excluding hydrogens is 174 g/mol. The fraction of sp³-hybridized carbons (Fsp3) is 1.00. The monoisotopic (exact) mass is 197 g/mol. The van der Waals surface area contributed by atoms with Crippen molar-refractivity contribution in [2.45, 2.75) is 44.6 Å². The fourth-order valence-electron chi connectivity index (χ4n) is 3.15. The van der Waals surface area contributed by atoms with E-state index in [-0.39, 0.29) is 0 Å². The Kier molecular flexibility index (Phi) is 3.82. The van der Waals surface area contributed by atoms with Gasteiger partial charge in [0, 0.05) is 13.2 Å². The third-order valence-corrected chi connectivity index (χ3v) is 3.82. The molecule has 0 radical (unpaired) electrons. The minimum atomic E-state index is 0.568. The van der Waals surface area contributed by atoms with Crippen molar-refractivity contribution < 1.29 is 4.74 Å². The second-order valence-electron chi connectivity index (χ2n) is 4.84. The van der Waals surface area contributed by atoms with Gasteiger partial charge in [0.1, 0.15) is 0 Å². The minimum Gasteiger partial charge on any atom is -0.378 e. The highest BCUT2D eigenvalue weighted by Crippen LogP contribution is 2.35. The molecular formula is C12H23NO. The highest BCUT2D eigenvalue weighted by Gasteiger charge is 2.33. The van der Waals surface area contributed by atoms with Gasteiger partial charge in [-0.25, -0.2) is 0 Å². The maximum atomic E-state index is 5.99. The topological polar surface area (TPSA) is 21.3 Å². The third kappa shape index (κ3) is 2.29. The van der Waals surface area contributed by atoms with Crippen LogP contribution in [0.5, 0.6) is 0 Å². The van der Waals surface area contributed by atoms with Gasteiger partial charge in [-0.3, -0.25) is 0 Å². The molecule has 2 unspecified atom stereocenters. The fourth-order valence-corrected chi connectivity index (χ4v) is 3.15. The van der Waals surface area contributed by atoms with Crippen LogP contribution in [0.2, 0.25) is 0 Å². The molecule has 0 amide bonds. The van der Waals surface area contributed by atoms with E-state index < -0.39 is 0 Å². The summed E-state index contributed by atoms with van der Waals surface area (Å²) in [5, 5.41) is 3.31. The van der Waals surface area contributed by atoms with Gasteiger partial charge in [0.2, 0.25) is 0 Å². The van der Waals surface area contributed by atoms with Crippen molar-refractivity contribution in [3.8, 4) is 0 Å². The molecule has 2 aliphatic rings. The largest absolute Gasteiger partial charge is 0.378 e. The van der Waals surface area contributed by atoms with Gasteiger partial charge in [0.15, 0.2) is 0 Å². The molecule has 0 aromatic rings. The Morgan fingerprint density at radius 1 is 1.14 bits per heavy atom. The molecule has 0 aromatic heterocycles. The molecule has 2 nitrogen and oxygen atoms in total. The van der Waals surface area contributed by atoms with Crippen LogP contribution in [-0.2, 0) is 4.74 Å². The molecule has 0 spiro atoms. The smallest absolute Gasteiger partial charge is 0.0643 e. The second-order valence-corrected chi connectivity index (χ2v) is 4.84. The van der Waals surface area contributed by atoms with E-state index in [2.05, 4.69) is 12.4 Å². The van der Waals surface area contributed by atoms with Crippen molar-refractivity contribution in [2.75, 3.05) is 20.2 Å². The van der Waals surface area contributed by atoms with Crippen LogP contribution in [0.25, 0.3) is 0 Å². The van der Waals surface area contributed by atoms with E-state index in [1.165, 1.54) is 38.5 Å². The molecule has 1 saturated carbocycles. The predicted octanol–water partition coefficient (Wildman–Crippen LogP) is 2.19. The van der Waals surface area contributed by atoms with Gasteiger partial charge >= 0.3 is 0 Å². The Bertz CT molecular complexity index is 164. The van der Waals surface area contributed by atoms with E-state index in [0.29, 0.717) is 6.10 Å². The van der Waals surface area contributed by atoms with E-state index in [9.17, 15) is 0 Å². The summed E-state index contributed by atoms with van der Waals surface area (Å²) in [6.45, 7) is 2.14. The molecule has 1 N–H and O–H groups in total. The number of hydrogen-bond donors (Lipinski definition) is 1. The standard InChI is InChI=1S/C12H23NO/c1-13-9-11-7-4-8-14-12(11)10-5-2-3-6-10/h10-13H,2-9H2,1H3. The SMILES string of the molecule is CNCC1CCCOC1C1CCCC1. The molecule has 1 saturated heterocycles. The molecule has 1 aliphatic heterocycles. The lowest BCUT2D eigenvalue weighted by Crippen LogP contribution is -2.39. The van der Waals surface area contributed by atoms with Crippen LogP contribution in [-0.4, -0.2) is 26.3 Å². The van der Waals surface area contributed by atoms with Crippen molar-refractivity contribution in [2.24, 2.45) is 11.8 Å². The number of nitrogens with one attached hydrogen (secondary N) is 1. The van der Waals surface area contributed by atoms with Gasteiger partial charge in [-0.1, -0.05) is 12.8 Å². The first kappa shape index (κ1) is 10.4. The van der Waals surface area contributed by atoms with Crippen LogP contribution in [0.3, 0.4) is 0 Å². The van der Waals surface area contributed by atoms with E-state index in [1.54, 1.807) is 0 Å². The lowest BCUT2D eigenvalue weighted by Gasteiger charge is -2.35. The summed E-state index contributed by atoms with van der Waals surface area (Å²) in [4.78, 5) is 0. The van der Waals surface area contributed by atoms with E-state index in [0.717, 1.165) is 25.0 Å². The normalized spacial score (nSPS) is 34.9. The van der Waals surface area contributed by atoms with Gasteiger partial charge in [-0.15, -0.1) is 0 Å². The third-order valence-electron chi connectivity index (χ3n) is 3.82. The quantitative estimate of drug-likeness (QED) is 0.749. The van der Waals surface area contributed by atoms with Crippen LogP contribution in [0.1, 0.15) is 38.5 Å². The molecule has 0 bridgehead atoms. The Balaban J connectivity index is 1.91. The summed E-state index contributed by atoms with van der Waals surface area (Å²) in [7, 11) is 2.06. The highest BCUT2D eigenvalue weighted by atomic mass is 16.5. The summed E-state index contributed by atoms with van der Waals surface area (Å²) < 4.78 is 5.99. The number of hydrogen-bond acceptors (Lipinski definition) is 2. The summed E-state index contributed by atoms with van der Waals surface area (Å²) >= 11 is 0. The first-order chi connectivity index (χ1) is 6.92. The van der Waals surface area contributed by atoms with E-state index >= 15 is 0 Å². The summed E-state index contributed by atoms with van der Waals surface area (Å²) in [5.41, 5.74) is 0. The molecule has 2 fully saturated rings. The first-order valence-corrected chi connectivity index (χ1v) is 6.18. The van der Waals surface area contributed by atoms with E-state index in [4.69, 9.17) is 4.74 Å². The summed E-state index contributed by atoms with van der Waals surface area (Å²) in [6.07, 6.45) is 8.86. The number of ether oxygens (including phenoxy) is 1. The van der Waals surface area contributed by atoms with Crippen molar-refractivity contribution in [1.29, 1.82) is 0 Å². The van der Waals surface area contributed by atoms with Gasteiger partial charge in [0.05, 0.1) is 6.10 Å². The minimum absolute atomic E-state index is 0.568. The van der Waals surface area contributed by atoms with Gasteiger partial charge in [-0.05, 0) is 44.6 Å². The Hall–Kier alpha value is -0.0800. The van der Waals surface area contributed by atoms with Gasteiger partial charge < -0.3 is 10.1 Å². The zero-order chi connectivity index (χ0) is 9.80. The molecule has 2 rings (SSSR count). The van der Waals surface area contributed by atoms with Crippen LogP contribution in [0.15, 0.2) is 0 Å². The maximum Gasteiger partial charge on any atom is 0.0643 e. The Morgan fingerprint density at radius 3 is 2.64 bits per heavy atom. The van der Waals surface area contributed by atoms with Crippen LogP contribution >= 0.6 is 0 Å². The highest BCUT2D eigenvalue weighted by molar-refractivity contribution is 4.84. The molecule has 0 aromatic carbocycles. The predicted molar refractivity (Wildman–Crippen MR) is 58.3 cm³/mol. The van der Waals surface area contributed by atoms with Crippen LogP contribution < -0.4 is 5.32 Å².